The second-order valence-electron chi connectivity index (χ2n) is 8.33. The van der Waals surface area contributed by atoms with Crippen LogP contribution in [0, 0.1) is 13.8 Å². The molecule has 0 aliphatic rings. The van der Waals surface area contributed by atoms with Crippen molar-refractivity contribution in [3.8, 4) is 0 Å². The number of hydrogen-bond acceptors (Lipinski definition) is 4. The normalized spacial score (nSPS) is 12.2. The summed E-state index contributed by atoms with van der Waals surface area (Å²) in [7, 11) is -3.72. The van der Waals surface area contributed by atoms with E-state index in [1.807, 2.05) is 57.2 Å². The summed E-state index contributed by atoms with van der Waals surface area (Å²) in [6.07, 6.45) is 2.42. The first-order chi connectivity index (χ1) is 15.5. The van der Waals surface area contributed by atoms with E-state index in [0.29, 0.717) is 25.2 Å². The number of carbonyl (C=O) groups excluding carboxylic acids is 2. The largest absolute Gasteiger partial charge is 0.354 e. The molecule has 33 heavy (non-hydrogen) atoms. The number of aryl methyl sites for hydroxylation is 2. The Balaban J connectivity index is 2.31. The Kier molecular flexibility index (Phi) is 9.46. The Morgan fingerprint density at radius 1 is 1.03 bits per heavy atom. The lowest BCUT2D eigenvalue weighted by molar-refractivity contribution is -0.138. The highest BCUT2D eigenvalue weighted by molar-refractivity contribution is 7.92. The van der Waals surface area contributed by atoms with Crippen LogP contribution < -0.4 is 9.62 Å². The van der Waals surface area contributed by atoms with Crippen LogP contribution in [0.2, 0.25) is 0 Å². The standard InChI is InChI=1S/C25H35N3O4S/c1-6-15-26-25(30)21(4)27(16-14-22-10-8-7-9-11-22)24(29)18-28(33(5,31)32)23-13-12-19(2)20(3)17-23/h7-13,17,21H,6,14-16,18H2,1-5H3,(H,26,30)/t21-/m1/s1. The van der Waals surface area contributed by atoms with Gasteiger partial charge in [-0.05, 0) is 62.4 Å². The molecule has 0 unspecified atom stereocenters. The molecule has 180 valence electrons. The molecule has 0 spiro atoms. The van der Waals surface area contributed by atoms with E-state index in [1.54, 1.807) is 19.1 Å². The van der Waals surface area contributed by atoms with Crippen LogP contribution in [-0.2, 0) is 26.0 Å². The summed E-state index contributed by atoms with van der Waals surface area (Å²) in [5.41, 5.74) is 3.43. The molecular weight excluding hydrogens is 438 g/mol. The van der Waals surface area contributed by atoms with E-state index >= 15 is 0 Å². The molecule has 0 saturated heterocycles. The third-order valence-corrected chi connectivity index (χ3v) is 6.80. The van der Waals surface area contributed by atoms with Gasteiger partial charge in [-0.15, -0.1) is 0 Å². The highest BCUT2D eigenvalue weighted by Gasteiger charge is 2.29. The highest BCUT2D eigenvalue weighted by Crippen LogP contribution is 2.22. The third-order valence-electron chi connectivity index (χ3n) is 5.66. The Labute approximate surface area is 197 Å². The summed E-state index contributed by atoms with van der Waals surface area (Å²) in [5, 5.41) is 2.83. The minimum atomic E-state index is -3.72. The molecule has 0 radical (unpaired) electrons. The van der Waals surface area contributed by atoms with Gasteiger partial charge in [-0.3, -0.25) is 13.9 Å². The van der Waals surface area contributed by atoms with Gasteiger partial charge in [0.1, 0.15) is 12.6 Å². The lowest BCUT2D eigenvalue weighted by atomic mass is 10.1. The van der Waals surface area contributed by atoms with Crippen LogP contribution in [-0.4, -0.2) is 57.1 Å². The Morgan fingerprint density at radius 3 is 2.27 bits per heavy atom. The number of rotatable bonds is 11. The molecule has 0 aromatic heterocycles. The van der Waals surface area contributed by atoms with Crippen molar-refractivity contribution in [1.29, 1.82) is 0 Å². The van der Waals surface area contributed by atoms with Gasteiger partial charge in [0, 0.05) is 13.1 Å². The second kappa shape index (κ2) is 11.8. The zero-order valence-corrected chi connectivity index (χ0v) is 21.0. The summed E-state index contributed by atoms with van der Waals surface area (Å²) >= 11 is 0. The average Bonchev–Trinajstić information content (AvgIpc) is 2.77. The predicted molar refractivity (Wildman–Crippen MR) is 133 cm³/mol. The smallest absolute Gasteiger partial charge is 0.244 e. The van der Waals surface area contributed by atoms with Crippen molar-refractivity contribution in [3.63, 3.8) is 0 Å². The average molecular weight is 474 g/mol. The van der Waals surface area contributed by atoms with Gasteiger partial charge in [-0.1, -0.05) is 43.3 Å². The number of hydrogen-bond donors (Lipinski definition) is 1. The number of nitrogens with zero attached hydrogens (tertiary/aromatic N) is 2. The van der Waals surface area contributed by atoms with Gasteiger partial charge < -0.3 is 10.2 Å². The quantitative estimate of drug-likeness (QED) is 0.543. The van der Waals surface area contributed by atoms with Crippen LogP contribution in [0.4, 0.5) is 5.69 Å². The molecule has 0 bridgehead atoms. The van der Waals surface area contributed by atoms with Crippen molar-refractivity contribution in [3.05, 3.63) is 65.2 Å². The van der Waals surface area contributed by atoms with Gasteiger partial charge in [-0.2, -0.15) is 0 Å². The number of anilines is 1. The van der Waals surface area contributed by atoms with Crippen LogP contribution in [0.5, 0.6) is 0 Å². The maximum absolute atomic E-state index is 13.4. The first kappa shape index (κ1) is 26.4. The highest BCUT2D eigenvalue weighted by atomic mass is 32.2. The number of carbonyl (C=O) groups is 2. The fourth-order valence-corrected chi connectivity index (χ4v) is 4.30. The minimum Gasteiger partial charge on any atom is -0.354 e. The third kappa shape index (κ3) is 7.60. The van der Waals surface area contributed by atoms with Gasteiger partial charge in [0.25, 0.3) is 0 Å². The van der Waals surface area contributed by atoms with Crippen molar-refractivity contribution in [2.24, 2.45) is 0 Å². The molecule has 2 amide bonds. The topological polar surface area (TPSA) is 86.8 Å². The maximum atomic E-state index is 13.4. The predicted octanol–water partition coefficient (Wildman–Crippen LogP) is 3.06. The molecule has 2 aromatic carbocycles. The van der Waals surface area contributed by atoms with Gasteiger partial charge in [0.05, 0.1) is 11.9 Å². The molecule has 1 atom stereocenters. The molecule has 2 rings (SSSR count). The maximum Gasteiger partial charge on any atom is 0.244 e. The SMILES string of the molecule is CCCNC(=O)[C@@H](C)N(CCc1ccccc1)C(=O)CN(c1ccc(C)c(C)c1)S(C)(=O)=O. The van der Waals surface area contributed by atoms with Crippen LogP contribution in [0.3, 0.4) is 0 Å². The van der Waals surface area contributed by atoms with Crippen LogP contribution in [0.1, 0.15) is 37.0 Å². The lowest BCUT2D eigenvalue weighted by Crippen LogP contribution is -2.52. The molecule has 0 aliphatic carbocycles. The summed E-state index contributed by atoms with van der Waals surface area (Å²) in [6, 6.07) is 14.2. The van der Waals surface area contributed by atoms with Gasteiger partial charge in [0.2, 0.25) is 21.8 Å². The summed E-state index contributed by atoms with van der Waals surface area (Å²) < 4.78 is 26.3. The Hall–Kier alpha value is -2.87. The van der Waals surface area contributed by atoms with Crippen molar-refractivity contribution < 1.29 is 18.0 Å². The summed E-state index contributed by atoms with van der Waals surface area (Å²) in [5.74, 6) is -0.677. The van der Waals surface area contributed by atoms with Crippen LogP contribution in [0.25, 0.3) is 0 Å². The van der Waals surface area contributed by atoms with Crippen molar-refractivity contribution in [1.82, 2.24) is 10.2 Å². The van der Waals surface area contributed by atoms with Gasteiger partial charge in [0.15, 0.2) is 0 Å². The Morgan fingerprint density at radius 2 is 1.70 bits per heavy atom. The van der Waals surface area contributed by atoms with Crippen molar-refractivity contribution >= 4 is 27.5 Å². The van der Waals surface area contributed by atoms with Crippen molar-refractivity contribution in [2.75, 3.05) is 30.2 Å². The lowest BCUT2D eigenvalue weighted by Gasteiger charge is -2.31. The van der Waals surface area contributed by atoms with E-state index in [2.05, 4.69) is 5.32 Å². The van der Waals surface area contributed by atoms with Crippen molar-refractivity contribution in [2.45, 2.75) is 46.6 Å². The molecule has 0 saturated carbocycles. The van der Waals surface area contributed by atoms with E-state index in [1.165, 1.54) is 4.90 Å². The van der Waals surface area contributed by atoms with E-state index in [9.17, 15) is 18.0 Å². The number of amides is 2. The van der Waals surface area contributed by atoms with E-state index in [0.717, 1.165) is 33.7 Å². The minimum absolute atomic E-state index is 0.254. The van der Waals surface area contributed by atoms with Crippen LogP contribution >= 0.6 is 0 Å². The van der Waals surface area contributed by atoms with E-state index < -0.39 is 22.0 Å². The number of sulfonamides is 1. The Bertz CT molecular complexity index is 1050. The summed E-state index contributed by atoms with van der Waals surface area (Å²) in [4.78, 5) is 27.5. The van der Waals surface area contributed by atoms with Crippen LogP contribution in [0.15, 0.2) is 48.5 Å². The second-order valence-corrected chi connectivity index (χ2v) is 10.2. The molecule has 8 heteroatoms. The fraction of sp³-hybridized carbons (Fsp3) is 0.440. The molecule has 0 heterocycles. The molecule has 2 aromatic rings. The summed E-state index contributed by atoms with van der Waals surface area (Å²) in [6.45, 7) is 7.91. The fourth-order valence-electron chi connectivity index (χ4n) is 3.46. The zero-order valence-electron chi connectivity index (χ0n) is 20.2. The molecule has 0 aliphatic heterocycles. The number of nitrogens with one attached hydrogen (secondary N) is 1. The van der Waals surface area contributed by atoms with E-state index in [-0.39, 0.29) is 12.5 Å². The molecule has 1 N–H and O–H groups in total. The first-order valence-corrected chi connectivity index (χ1v) is 13.1. The van der Waals surface area contributed by atoms with E-state index in [4.69, 9.17) is 0 Å². The molecule has 7 nitrogen and oxygen atoms in total. The molecular formula is C25H35N3O4S. The first-order valence-electron chi connectivity index (χ1n) is 11.2. The number of benzene rings is 2. The molecule has 0 fully saturated rings. The monoisotopic (exact) mass is 473 g/mol. The van der Waals surface area contributed by atoms with Gasteiger partial charge in [-0.25, -0.2) is 8.42 Å². The zero-order chi connectivity index (χ0) is 24.6. The van der Waals surface area contributed by atoms with Gasteiger partial charge >= 0.3 is 0 Å².